The van der Waals surface area contributed by atoms with E-state index in [0.29, 0.717) is 11.8 Å². The topological polar surface area (TPSA) is 52.0 Å². The monoisotopic (exact) mass is 208 g/mol. The molecule has 1 heterocycles. The predicted octanol–water partition coefficient (Wildman–Crippen LogP) is 2.11. The van der Waals surface area contributed by atoms with Crippen molar-refractivity contribution in [2.24, 2.45) is 17.6 Å². The number of fused-ring (bicyclic) bond motifs is 1. The van der Waals surface area contributed by atoms with Crippen LogP contribution in [-0.4, -0.2) is 11.2 Å². The minimum absolute atomic E-state index is 0.0359. The number of nitrogens with zero attached hydrogens (tertiary/aromatic N) is 1. The second-order valence-electron chi connectivity index (χ2n) is 5.23. The summed E-state index contributed by atoms with van der Waals surface area (Å²) >= 11 is 0. The van der Waals surface area contributed by atoms with Gasteiger partial charge in [-0.25, -0.2) is 0 Å². The average Bonchev–Trinajstić information content (AvgIpc) is 2.60. The van der Waals surface area contributed by atoms with Crippen molar-refractivity contribution >= 4 is 0 Å². The summed E-state index contributed by atoms with van der Waals surface area (Å²) in [6.45, 7) is 8.88. The molecule has 0 spiro atoms. The van der Waals surface area contributed by atoms with Gasteiger partial charge in [0.1, 0.15) is 5.76 Å². The predicted molar refractivity (Wildman–Crippen MR) is 59.5 cm³/mol. The molecule has 0 amide bonds. The Kier molecular flexibility index (Phi) is 2.38. The summed E-state index contributed by atoms with van der Waals surface area (Å²) < 4.78 is 5.45. The van der Waals surface area contributed by atoms with Crippen LogP contribution in [0, 0.1) is 11.8 Å². The van der Waals surface area contributed by atoms with Gasteiger partial charge in [-0.2, -0.15) is 0 Å². The lowest BCUT2D eigenvalue weighted by atomic mass is 9.65. The zero-order valence-corrected chi connectivity index (χ0v) is 9.95. The fraction of sp³-hybridized carbons (Fsp3) is 0.750. The summed E-state index contributed by atoms with van der Waals surface area (Å²) in [5.74, 6) is 1.98. The highest BCUT2D eigenvalue weighted by Crippen LogP contribution is 2.48. The Balaban J connectivity index is 2.57. The van der Waals surface area contributed by atoms with E-state index in [2.05, 4.69) is 32.9 Å². The minimum atomic E-state index is -0.0359. The molecule has 0 bridgehead atoms. The molecule has 2 rings (SSSR count). The Morgan fingerprint density at radius 3 is 2.53 bits per heavy atom. The smallest absolute Gasteiger partial charge is 0.148 e. The third kappa shape index (κ3) is 1.19. The Hall–Kier alpha value is -0.830. The molecule has 3 nitrogen and oxygen atoms in total. The molecule has 1 aromatic rings. The van der Waals surface area contributed by atoms with Crippen LogP contribution in [0.1, 0.15) is 39.0 Å². The second kappa shape index (κ2) is 3.34. The maximum absolute atomic E-state index is 6.32. The largest absolute Gasteiger partial charge is 0.360 e. The van der Waals surface area contributed by atoms with Crippen molar-refractivity contribution in [3.8, 4) is 0 Å². The third-order valence-corrected chi connectivity index (χ3v) is 4.00. The molecule has 15 heavy (non-hydrogen) atoms. The van der Waals surface area contributed by atoms with E-state index in [-0.39, 0.29) is 11.5 Å². The van der Waals surface area contributed by atoms with Crippen LogP contribution < -0.4 is 5.73 Å². The van der Waals surface area contributed by atoms with Gasteiger partial charge >= 0.3 is 0 Å². The molecule has 0 radical (unpaired) electrons. The van der Waals surface area contributed by atoms with Crippen LogP contribution in [0.2, 0.25) is 0 Å². The van der Waals surface area contributed by atoms with Crippen LogP contribution in [0.15, 0.2) is 10.7 Å². The van der Waals surface area contributed by atoms with Crippen molar-refractivity contribution in [1.29, 1.82) is 0 Å². The first-order chi connectivity index (χ1) is 7.01. The Labute approximate surface area is 91.0 Å². The summed E-state index contributed by atoms with van der Waals surface area (Å²) in [7, 11) is 0. The standard InChI is InChI=1S/C12H20N2O/c1-7(2)12(8(3)4)10(13)5-9-6-14-15-11(9)12/h6-8,10H,5,13H2,1-4H3/t10-/m1/s1. The van der Waals surface area contributed by atoms with Crippen molar-refractivity contribution in [1.82, 2.24) is 5.16 Å². The molecular weight excluding hydrogens is 188 g/mol. The quantitative estimate of drug-likeness (QED) is 0.809. The van der Waals surface area contributed by atoms with E-state index < -0.39 is 0 Å². The highest BCUT2D eigenvalue weighted by Gasteiger charge is 2.52. The molecule has 0 saturated carbocycles. The Morgan fingerprint density at radius 2 is 2.00 bits per heavy atom. The molecule has 1 aromatic heterocycles. The molecule has 2 N–H and O–H groups in total. The van der Waals surface area contributed by atoms with E-state index in [4.69, 9.17) is 10.3 Å². The van der Waals surface area contributed by atoms with Gasteiger partial charge in [0.25, 0.3) is 0 Å². The number of hydrogen-bond donors (Lipinski definition) is 1. The molecular formula is C12H20N2O. The molecule has 0 aliphatic heterocycles. The first-order valence-electron chi connectivity index (χ1n) is 5.70. The van der Waals surface area contributed by atoms with Gasteiger partial charge in [0.05, 0.1) is 11.6 Å². The van der Waals surface area contributed by atoms with Crippen LogP contribution >= 0.6 is 0 Å². The SMILES string of the molecule is CC(C)C1(C(C)C)c2oncc2C[C@H]1N. The summed E-state index contributed by atoms with van der Waals surface area (Å²) in [6.07, 6.45) is 2.72. The lowest BCUT2D eigenvalue weighted by Gasteiger charge is -2.40. The minimum Gasteiger partial charge on any atom is -0.360 e. The van der Waals surface area contributed by atoms with Crippen LogP contribution in [-0.2, 0) is 11.8 Å². The van der Waals surface area contributed by atoms with Crippen molar-refractivity contribution in [3.63, 3.8) is 0 Å². The molecule has 84 valence electrons. The third-order valence-electron chi connectivity index (χ3n) is 4.00. The summed E-state index contributed by atoms with van der Waals surface area (Å²) in [5, 5.41) is 3.91. The van der Waals surface area contributed by atoms with E-state index in [0.717, 1.165) is 12.2 Å². The Bertz CT molecular complexity index is 346. The van der Waals surface area contributed by atoms with E-state index in [1.54, 1.807) is 0 Å². The van der Waals surface area contributed by atoms with Crippen molar-refractivity contribution < 1.29 is 4.52 Å². The van der Waals surface area contributed by atoms with Crippen molar-refractivity contribution in [3.05, 3.63) is 17.5 Å². The van der Waals surface area contributed by atoms with Gasteiger partial charge in [-0.05, 0) is 18.3 Å². The molecule has 0 fully saturated rings. The average molecular weight is 208 g/mol. The molecule has 1 aliphatic rings. The van der Waals surface area contributed by atoms with E-state index >= 15 is 0 Å². The zero-order chi connectivity index (χ0) is 11.2. The zero-order valence-electron chi connectivity index (χ0n) is 9.95. The van der Waals surface area contributed by atoms with Gasteiger partial charge in [0.2, 0.25) is 0 Å². The number of hydrogen-bond acceptors (Lipinski definition) is 3. The molecule has 3 heteroatoms. The van der Waals surface area contributed by atoms with Gasteiger partial charge in [-0.3, -0.25) is 0 Å². The van der Waals surface area contributed by atoms with Gasteiger partial charge < -0.3 is 10.3 Å². The lowest BCUT2D eigenvalue weighted by molar-refractivity contribution is 0.145. The normalized spacial score (nSPS) is 23.8. The summed E-state index contributed by atoms with van der Waals surface area (Å²) in [4.78, 5) is 0. The highest BCUT2D eigenvalue weighted by molar-refractivity contribution is 5.35. The fourth-order valence-electron chi connectivity index (χ4n) is 3.38. The maximum atomic E-state index is 6.32. The molecule has 1 aliphatic carbocycles. The second-order valence-corrected chi connectivity index (χ2v) is 5.23. The van der Waals surface area contributed by atoms with Gasteiger partial charge in [-0.15, -0.1) is 0 Å². The van der Waals surface area contributed by atoms with Crippen molar-refractivity contribution in [2.75, 3.05) is 0 Å². The molecule has 0 unspecified atom stereocenters. The fourth-order valence-corrected chi connectivity index (χ4v) is 3.38. The lowest BCUT2D eigenvalue weighted by Crippen LogP contribution is -2.50. The Morgan fingerprint density at radius 1 is 1.40 bits per heavy atom. The molecule has 1 atom stereocenters. The van der Waals surface area contributed by atoms with E-state index in [9.17, 15) is 0 Å². The van der Waals surface area contributed by atoms with Crippen LogP contribution in [0.3, 0.4) is 0 Å². The van der Waals surface area contributed by atoms with Crippen LogP contribution in [0.25, 0.3) is 0 Å². The van der Waals surface area contributed by atoms with Crippen LogP contribution in [0.5, 0.6) is 0 Å². The highest BCUT2D eigenvalue weighted by atomic mass is 16.5. The van der Waals surface area contributed by atoms with Gasteiger partial charge in [-0.1, -0.05) is 32.9 Å². The van der Waals surface area contributed by atoms with E-state index in [1.165, 1.54) is 5.56 Å². The number of nitrogens with two attached hydrogens (primary N) is 1. The first-order valence-corrected chi connectivity index (χ1v) is 5.70. The van der Waals surface area contributed by atoms with Gasteiger partial charge in [0.15, 0.2) is 0 Å². The van der Waals surface area contributed by atoms with Crippen LogP contribution in [0.4, 0.5) is 0 Å². The summed E-state index contributed by atoms with van der Waals surface area (Å²) in [6, 6.07) is 0.161. The number of aromatic nitrogens is 1. The first kappa shape index (κ1) is 10.7. The van der Waals surface area contributed by atoms with Gasteiger partial charge in [0, 0.05) is 11.6 Å². The maximum Gasteiger partial charge on any atom is 0.148 e. The summed E-state index contributed by atoms with van der Waals surface area (Å²) in [5.41, 5.74) is 7.49. The molecule has 0 aromatic carbocycles. The van der Waals surface area contributed by atoms with Crippen molar-refractivity contribution in [2.45, 2.75) is 45.6 Å². The number of rotatable bonds is 2. The molecule has 0 saturated heterocycles. The van der Waals surface area contributed by atoms with E-state index in [1.807, 2.05) is 6.20 Å².